The summed E-state index contributed by atoms with van der Waals surface area (Å²) in [4.78, 5) is 14.9. The van der Waals surface area contributed by atoms with Crippen molar-refractivity contribution in [3.8, 4) is 23.0 Å². The van der Waals surface area contributed by atoms with Crippen molar-refractivity contribution in [3.05, 3.63) is 102 Å². The molecule has 0 aliphatic heterocycles. The fraction of sp³-hybridized carbons (Fsp3) is 0.103. The number of carbonyl (C=O) groups excluding carboxylic acids is 1. The first-order valence-corrected chi connectivity index (χ1v) is 11.9. The summed E-state index contributed by atoms with van der Waals surface area (Å²) in [5, 5.41) is 9.12. The van der Waals surface area contributed by atoms with E-state index in [1.807, 2.05) is 31.4 Å². The molecule has 0 saturated carbocycles. The Hall–Kier alpha value is -5.36. The number of hydrogen-bond acceptors (Lipinski definition) is 6. The lowest BCUT2D eigenvalue weighted by Crippen LogP contribution is -2.12. The minimum Gasteiger partial charge on any atom is -0.460 e. The van der Waals surface area contributed by atoms with Crippen LogP contribution >= 0.6 is 0 Å². The number of aromatic nitrogens is 5. The minimum atomic E-state index is -0.619. The smallest absolute Gasteiger partial charge is 0.256 e. The van der Waals surface area contributed by atoms with Crippen LogP contribution in [-0.2, 0) is 13.5 Å². The predicted molar refractivity (Wildman–Crippen MR) is 146 cm³/mol. The van der Waals surface area contributed by atoms with Gasteiger partial charge in [-0.15, -0.1) is 5.10 Å². The Morgan fingerprint density at radius 1 is 1.08 bits per heavy atom. The molecule has 0 radical (unpaired) electrons. The molecule has 188 valence electrons. The van der Waals surface area contributed by atoms with Crippen molar-refractivity contribution in [2.45, 2.75) is 13.3 Å². The second-order valence-electron chi connectivity index (χ2n) is 8.50. The van der Waals surface area contributed by atoms with E-state index >= 15 is 0 Å². The Labute approximate surface area is 218 Å². The Kier molecular flexibility index (Phi) is 6.61. The van der Waals surface area contributed by atoms with Crippen molar-refractivity contribution in [1.29, 1.82) is 0 Å². The van der Waals surface area contributed by atoms with Crippen LogP contribution in [0, 0.1) is 11.8 Å². The zero-order valence-corrected chi connectivity index (χ0v) is 20.9. The van der Waals surface area contributed by atoms with Crippen molar-refractivity contribution in [1.82, 2.24) is 24.4 Å². The molecule has 0 unspecified atom stereocenters. The summed E-state index contributed by atoms with van der Waals surface area (Å²) < 4.78 is 9.23. The molecule has 0 atom stereocenters. The highest BCUT2D eigenvalue weighted by Crippen LogP contribution is 2.35. The van der Waals surface area contributed by atoms with Gasteiger partial charge in [-0.3, -0.25) is 9.48 Å². The topological polar surface area (TPSA) is 130 Å². The van der Waals surface area contributed by atoms with E-state index in [1.54, 1.807) is 29.3 Å². The molecule has 38 heavy (non-hydrogen) atoms. The molecule has 4 N–H and O–H groups in total. The highest BCUT2D eigenvalue weighted by molar-refractivity contribution is 6.03. The summed E-state index contributed by atoms with van der Waals surface area (Å²) in [7, 11) is 1.89. The molecule has 0 spiro atoms. The lowest BCUT2D eigenvalue weighted by atomic mass is 10.00. The van der Waals surface area contributed by atoms with Gasteiger partial charge in [-0.2, -0.15) is 5.10 Å². The van der Waals surface area contributed by atoms with Crippen LogP contribution in [0.3, 0.4) is 0 Å². The van der Waals surface area contributed by atoms with Crippen molar-refractivity contribution in [2.24, 2.45) is 12.8 Å². The maximum Gasteiger partial charge on any atom is 0.256 e. The van der Waals surface area contributed by atoms with Crippen molar-refractivity contribution >= 4 is 28.3 Å². The lowest BCUT2D eigenvalue weighted by Gasteiger charge is -2.01. The van der Waals surface area contributed by atoms with E-state index in [1.165, 1.54) is 15.6 Å². The van der Waals surface area contributed by atoms with E-state index in [0.717, 1.165) is 34.3 Å². The van der Waals surface area contributed by atoms with Crippen LogP contribution in [0.4, 0.5) is 5.82 Å². The molecule has 9 heteroatoms. The van der Waals surface area contributed by atoms with Crippen LogP contribution in [-0.4, -0.2) is 30.3 Å². The fourth-order valence-electron chi connectivity index (χ4n) is 4.17. The summed E-state index contributed by atoms with van der Waals surface area (Å²) in [5.41, 5.74) is 16.3. The van der Waals surface area contributed by atoms with Gasteiger partial charge in [0.1, 0.15) is 16.9 Å². The zero-order valence-electron chi connectivity index (χ0n) is 20.9. The summed E-state index contributed by atoms with van der Waals surface area (Å²) >= 11 is 0. The summed E-state index contributed by atoms with van der Waals surface area (Å²) in [6, 6.07) is 18.2. The number of primary amides is 1. The van der Waals surface area contributed by atoms with Crippen LogP contribution < -0.4 is 11.5 Å². The number of rotatable bonds is 3. The summed E-state index contributed by atoms with van der Waals surface area (Å²) in [6.07, 6.45) is 7.73. The lowest BCUT2D eigenvalue weighted by molar-refractivity contribution is 0.100. The third-order valence-electron chi connectivity index (χ3n) is 5.87. The van der Waals surface area contributed by atoms with E-state index in [2.05, 4.69) is 64.3 Å². The average Bonchev–Trinajstić information content (AvgIpc) is 3.61. The first-order chi connectivity index (χ1) is 18.4. The molecule has 6 rings (SSSR count). The number of anilines is 1. The second kappa shape index (κ2) is 10.3. The molecule has 9 nitrogen and oxygen atoms in total. The van der Waals surface area contributed by atoms with Crippen LogP contribution in [0.15, 0.2) is 83.8 Å². The molecule has 0 aliphatic rings. The molecule has 1 amide bonds. The Bertz CT molecular complexity index is 1820. The van der Waals surface area contributed by atoms with E-state index in [-0.39, 0.29) is 11.4 Å². The number of fused-ring (bicyclic) bond motifs is 2. The number of nitrogens with two attached hydrogens (primary N) is 2. The first kappa shape index (κ1) is 24.3. The van der Waals surface area contributed by atoms with Crippen molar-refractivity contribution in [2.75, 3.05) is 5.73 Å². The number of furan rings is 1. The second-order valence-corrected chi connectivity index (χ2v) is 8.50. The zero-order chi connectivity index (χ0) is 26.6. The molecule has 0 bridgehead atoms. The third-order valence-corrected chi connectivity index (χ3v) is 5.87. The first-order valence-electron chi connectivity index (χ1n) is 11.9. The van der Waals surface area contributed by atoms with Gasteiger partial charge in [0.2, 0.25) is 0 Å². The normalized spacial score (nSPS) is 10.6. The Morgan fingerprint density at radius 3 is 2.58 bits per heavy atom. The summed E-state index contributed by atoms with van der Waals surface area (Å²) in [6.45, 7) is 2.12. The van der Waals surface area contributed by atoms with Gasteiger partial charge in [-0.1, -0.05) is 49.1 Å². The SMILES string of the molecule is CCc1oc2ccc(C#Cc3cnn(C)c3)cc2c1-c1ccccc1.NC(=O)c1c(N)nn2cccnc12. The number of carbonyl (C=O) groups is 1. The van der Waals surface area contributed by atoms with E-state index in [0.29, 0.717) is 5.65 Å². The van der Waals surface area contributed by atoms with Crippen molar-refractivity contribution in [3.63, 3.8) is 0 Å². The standard InChI is InChI=1S/C22H18N2O.C7H7N5O/c1-3-20-22(18-7-5-4-6-8-18)19-13-16(11-12-21(19)25-20)9-10-17-14-23-24(2)15-17;8-5-4(6(9)13)7-10-2-1-3-12(7)11-5/h4-8,11-15H,3H2,1-2H3;1-3H,(H2,8,11)(H2,9,13). The van der Waals surface area contributed by atoms with Crippen LogP contribution in [0.2, 0.25) is 0 Å². The maximum atomic E-state index is 10.9. The molecule has 0 aliphatic carbocycles. The maximum absolute atomic E-state index is 10.9. The van der Waals surface area contributed by atoms with E-state index in [4.69, 9.17) is 15.9 Å². The van der Waals surface area contributed by atoms with E-state index < -0.39 is 5.91 Å². The number of nitrogens with zero attached hydrogens (tertiary/aromatic N) is 5. The van der Waals surface area contributed by atoms with Gasteiger partial charge in [0, 0.05) is 48.6 Å². The Morgan fingerprint density at radius 2 is 1.87 bits per heavy atom. The monoisotopic (exact) mass is 503 g/mol. The van der Waals surface area contributed by atoms with Crippen molar-refractivity contribution < 1.29 is 9.21 Å². The molecule has 6 aromatic rings. The van der Waals surface area contributed by atoms with Gasteiger partial charge < -0.3 is 15.9 Å². The highest BCUT2D eigenvalue weighted by atomic mass is 16.3. The minimum absolute atomic E-state index is 0.103. The molecular weight excluding hydrogens is 478 g/mol. The molecule has 0 saturated heterocycles. The number of aryl methyl sites for hydroxylation is 2. The molecule has 4 heterocycles. The molecule has 0 fully saturated rings. The van der Waals surface area contributed by atoms with Gasteiger partial charge >= 0.3 is 0 Å². The predicted octanol–water partition coefficient (Wildman–Crippen LogP) is 4.21. The van der Waals surface area contributed by atoms with Crippen LogP contribution in [0.25, 0.3) is 27.7 Å². The number of nitrogen functional groups attached to an aromatic ring is 1. The van der Waals surface area contributed by atoms with Gasteiger partial charge in [0.25, 0.3) is 5.91 Å². The fourth-order valence-corrected chi connectivity index (χ4v) is 4.17. The molecule has 2 aromatic carbocycles. The number of hydrogen-bond donors (Lipinski definition) is 2. The van der Waals surface area contributed by atoms with Gasteiger partial charge in [0.15, 0.2) is 11.5 Å². The molecule has 4 aromatic heterocycles. The Balaban J connectivity index is 0.000000190. The largest absolute Gasteiger partial charge is 0.460 e. The summed E-state index contributed by atoms with van der Waals surface area (Å²) in [5.74, 6) is 6.89. The van der Waals surface area contributed by atoms with E-state index in [9.17, 15) is 4.79 Å². The van der Waals surface area contributed by atoms with Gasteiger partial charge in [0.05, 0.1) is 11.8 Å². The van der Waals surface area contributed by atoms with Gasteiger partial charge in [-0.25, -0.2) is 9.50 Å². The van der Waals surface area contributed by atoms with Gasteiger partial charge in [-0.05, 0) is 29.8 Å². The molecular formula is C29H25N7O2. The average molecular weight is 504 g/mol. The van der Waals surface area contributed by atoms with Crippen LogP contribution in [0.5, 0.6) is 0 Å². The highest BCUT2D eigenvalue weighted by Gasteiger charge is 2.16. The third kappa shape index (κ3) is 4.83. The number of amides is 1. The van der Waals surface area contributed by atoms with Crippen LogP contribution in [0.1, 0.15) is 34.2 Å². The quantitative estimate of drug-likeness (QED) is 0.348. The number of benzene rings is 2.